The summed E-state index contributed by atoms with van der Waals surface area (Å²) in [5, 5.41) is 1.32. The molecule has 2 fully saturated rings. The van der Waals surface area contributed by atoms with Gasteiger partial charge in [-0.25, -0.2) is 4.39 Å². The lowest BCUT2D eigenvalue weighted by Gasteiger charge is -2.47. The molecule has 0 aromatic heterocycles. The van der Waals surface area contributed by atoms with Crippen LogP contribution in [0.2, 0.25) is 10.0 Å². The molecule has 4 nitrogen and oxygen atoms in total. The number of ether oxygens (including phenoxy) is 1. The molecule has 2 heterocycles. The Morgan fingerprint density at radius 3 is 2.45 bits per heavy atom. The normalized spacial score (nSPS) is 18.9. The minimum Gasteiger partial charge on any atom is -0.457 e. The summed E-state index contributed by atoms with van der Waals surface area (Å²) in [6.45, 7) is 6.65. The van der Waals surface area contributed by atoms with Gasteiger partial charge in [0.25, 0.3) is 0 Å². The molecule has 0 saturated carbocycles. The molecule has 0 spiro atoms. The molecule has 2 saturated heterocycles. The molecule has 0 unspecified atom stereocenters. The number of likely N-dealkylation sites (tertiary alicyclic amines) is 1. The summed E-state index contributed by atoms with van der Waals surface area (Å²) in [4.78, 5) is 15.3. The van der Waals surface area contributed by atoms with Crippen molar-refractivity contribution in [2.75, 3.05) is 31.1 Å². The Kier molecular flexibility index (Phi) is 5.49. The van der Waals surface area contributed by atoms with Gasteiger partial charge >= 0.3 is 5.97 Å². The van der Waals surface area contributed by atoms with E-state index in [1.807, 2.05) is 42.2 Å². The third-order valence-electron chi connectivity index (χ3n) is 5.55. The van der Waals surface area contributed by atoms with Crippen LogP contribution >= 0.6 is 23.2 Å². The fraction of sp³-hybridized carbons (Fsp3) is 0.409. The Morgan fingerprint density at radius 2 is 1.86 bits per heavy atom. The Labute approximate surface area is 180 Å². The van der Waals surface area contributed by atoms with E-state index in [2.05, 4.69) is 4.90 Å². The summed E-state index contributed by atoms with van der Waals surface area (Å²) < 4.78 is 20.0. The van der Waals surface area contributed by atoms with Gasteiger partial charge in [0.15, 0.2) is 0 Å². The first-order valence-corrected chi connectivity index (χ1v) is 10.4. The molecular weight excluding hydrogens is 414 g/mol. The molecule has 7 heteroatoms. The highest BCUT2D eigenvalue weighted by Gasteiger charge is 2.41. The zero-order chi connectivity index (χ0) is 20.8. The van der Waals surface area contributed by atoms with E-state index in [0.29, 0.717) is 48.5 Å². The number of carbonyl (C=O) groups is 1. The number of esters is 1. The highest BCUT2D eigenvalue weighted by molar-refractivity contribution is 6.36. The third kappa shape index (κ3) is 4.23. The number of rotatable bonds is 5. The van der Waals surface area contributed by atoms with Gasteiger partial charge in [0.1, 0.15) is 11.4 Å². The molecule has 0 atom stereocenters. The minimum atomic E-state index is -0.434. The van der Waals surface area contributed by atoms with E-state index >= 15 is 0 Å². The molecule has 154 valence electrons. The van der Waals surface area contributed by atoms with Crippen LogP contribution in [0.5, 0.6) is 0 Å². The topological polar surface area (TPSA) is 32.8 Å². The van der Waals surface area contributed by atoms with Gasteiger partial charge in [-0.1, -0.05) is 35.3 Å². The number of anilines is 1. The minimum absolute atomic E-state index is 0.204. The molecule has 4 rings (SSSR count). The average Bonchev–Trinajstić information content (AvgIpc) is 2.55. The van der Waals surface area contributed by atoms with Crippen molar-refractivity contribution in [3.8, 4) is 0 Å². The summed E-state index contributed by atoms with van der Waals surface area (Å²) in [5.74, 6) is -0.293. The van der Waals surface area contributed by atoms with E-state index in [-0.39, 0.29) is 17.7 Å². The maximum atomic E-state index is 14.7. The second-order valence-electron chi connectivity index (χ2n) is 8.21. The van der Waals surface area contributed by atoms with Crippen molar-refractivity contribution in [2.45, 2.75) is 31.9 Å². The molecule has 2 aromatic rings. The van der Waals surface area contributed by atoms with E-state index in [4.69, 9.17) is 27.9 Å². The second-order valence-corrected chi connectivity index (χ2v) is 9.03. The second kappa shape index (κ2) is 7.78. The first-order chi connectivity index (χ1) is 13.7. The van der Waals surface area contributed by atoms with Crippen LogP contribution < -0.4 is 4.90 Å². The summed E-state index contributed by atoms with van der Waals surface area (Å²) in [6, 6.07) is 10.9. The summed E-state index contributed by atoms with van der Waals surface area (Å²) in [7, 11) is 0. The van der Waals surface area contributed by atoms with Crippen LogP contribution in [0.4, 0.5) is 10.1 Å². The molecule has 29 heavy (non-hydrogen) atoms. The van der Waals surface area contributed by atoms with Crippen molar-refractivity contribution < 1.29 is 13.9 Å². The van der Waals surface area contributed by atoms with Gasteiger partial charge in [0, 0.05) is 55.6 Å². The van der Waals surface area contributed by atoms with Crippen LogP contribution in [0.15, 0.2) is 36.4 Å². The standard InChI is InChI=1S/C22H23Cl2FN2O2/c1-14(28)29-22(2)12-26(13-22)9-15-6-7-20(19(25)8-15)27-10-16(11-27)21-17(23)4-3-5-18(21)24/h3-8,16H,9-13H2,1-2H3. The van der Waals surface area contributed by atoms with Crippen molar-refractivity contribution in [1.29, 1.82) is 0 Å². The lowest BCUT2D eigenvalue weighted by atomic mass is 9.90. The molecule has 2 aromatic carbocycles. The molecule has 0 radical (unpaired) electrons. The molecular formula is C22H23Cl2FN2O2. The van der Waals surface area contributed by atoms with E-state index < -0.39 is 5.60 Å². The highest BCUT2D eigenvalue weighted by atomic mass is 35.5. The predicted molar refractivity (Wildman–Crippen MR) is 113 cm³/mol. The van der Waals surface area contributed by atoms with Crippen LogP contribution in [-0.2, 0) is 16.1 Å². The fourth-order valence-corrected chi connectivity index (χ4v) is 5.05. The van der Waals surface area contributed by atoms with Gasteiger partial charge in [-0.15, -0.1) is 0 Å². The molecule has 0 N–H and O–H groups in total. The largest absolute Gasteiger partial charge is 0.457 e. The Hall–Kier alpha value is -1.82. The maximum Gasteiger partial charge on any atom is 0.303 e. The molecule has 0 bridgehead atoms. The lowest BCUT2D eigenvalue weighted by Crippen LogP contribution is -2.61. The van der Waals surface area contributed by atoms with Gasteiger partial charge < -0.3 is 9.64 Å². The average molecular weight is 437 g/mol. The predicted octanol–water partition coefficient (Wildman–Crippen LogP) is 4.87. The van der Waals surface area contributed by atoms with Crippen LogP contribution in [0.25, 0.3) is 0 Å². The smallest absolute Gasteiger partial charge is 0.303 e. The van der Waals surface area contributed by atoms with Gasteiger partial charge in [-0.3, -0.25) is 9.69 Å². The Balaban J connectivity index is 1.35. The van der Waals surface area contributed by atoms with Crippen LogP contribution in [0, 0.1) is 5.82 Å². The fourth-order valence-electron chi connectivity index (χ4n) is 4.35. The first-order valence-electron chi connectivity index (χ1n) is 9.63. The SMILES string of the molecule is CC(=O)OC1(C)CN(Cc2ccc(N3CC(c4c(Cl)cccc4Cl)C3)c(F)c2)C1. The summed E-state index contributed by atoms with van der Waals surface area (Å²) in [6.07, 6.45) is 0. The van der Waals surface area contributed by atoms with Crippen LogP contribution in [0.3, 0.4) is 0 Å². The van der Waals surface area contributed by atoms with E-state index in [1.165, 1.54) is 6.92 Å². The van der Waals surface area contributed by atoms with E-state index in [9.17, 15) is 9.18 Å². The number of halogens is 3. The third-order valence-corrected chi connectivity index (χ3v) is 6.21. The number of nitrogens with zero attached hydrogens (tertiary/aromatic N) is 2. The van der Waals surface area contributed by atoms with Gasteiger partial charge in [0.05, 0.1) is 5.69 Å². The van der Waals surface area contributed by atoms with Crippen molar-refractivity contribution in [3.05, 3.63) is 63.4 Å². The van der Waals surface area contributed by atoms with Crippen LogP contribution in [0.1, 0.15) is 30.9 Å². The molecule has 2 aliphatic heterocycles. The van der Waals surface area contributed by atoms with Gasteiger partial charge in [-0.2, -0.15) is 0 Å². The van der Waals surface area contributed by atoms with Crippen molar-refractivity contribution >= 4 is 34.9 Å². The van der Waals surface area contributed by atoms with Gasteiger partial charge in [0.2, 0.25) is 0 Å². The number of hydrogen-bond acceptors (Lipinski definition) is 4. The van der Waals surface area contributed by atoms with E-state index in [1.54, 1.807) is 6.07 Å². The highest BCUT2D eigenvalue weighted by Crippen LogP contribution is 2.39. The summed E-state index contributed by atoms with van der Waals surface area (Å²) in [5.41, 5.74) is 2.01. The molecule has 2 aliphatic rings. The maximum absolute atomic E-state index is 14.7. The van der Waals surface area contributed by atoms with Crippen LogP contribution in [-0.4, -0.2) is 42.6 Å². The zero-order valence-electron chi connectivity index (χ0n) is 16.4. The number of hydrogen-bond donors (Lipinski definition) is 0. The van der Waals surface area contributed by atoms with E-state index in [0.717, 1.165) is 11.1 Å². The van der Waals surface area contributed by atoms with Crippen molar-refractivity contribution in [1.82, 2.24) is 4.90 Å². The Bertz CT molecular complexity index is 920. The summed E-state index contributed by atoms with van der Waals surface area (Å²) >= 11 is 12.6. The Morgan fingerprint density at radius 1 is 1.21 bits per heavy atom. The quantitative estimate of drug-likeness (QED) is 0.625. The molecule has 0 amide bonds. The van der Waals surface area contributed by atoms with Crippen molar-refractivity contribution in [2.24, 2.45) is 0 Å². The number of carbonyl (C=O) groups excluding carboxylic acids is 1. The van der Waals surface area contributed by atoms with Crippen molar-refractivity contribution in [3.63, 3.8) is 0 Å². The number of benzene rings is 2. The lowest BCUT2D eigenvalue weighted by molar-refractivity contribution is -0.174. The molecule has 0 aliphatic carbocycles. The van der Waals surface area contributed by atoms with Gasteiger partial charge in [-0.05, 0) is 42.3 Å². The zero-order valence-corrected chi connectivity index (χ0v) is 17.9. The first kappa shape index (κ1) is 20.5. The monoisotopic (exact) mass is 436 g/mol.